The van der Waals surface area contributed by atoms with Gasteiger partial charge in [-0.2, -0.15) is 0 Å². The number of hydrogen-bond donors (Lipinski definition) is 2. The fourth-order valence-corrected chi connectivity index (χ4v) is 5.04. The van der Waals surface area contributed by atoms with Crippen molar-refractivity contribution in [2.75, 3.05) is 5.32 Å². The molecule has 0 aliphatic heterocycles. The van der Waals surface area contributed by atoms with Gasteiger partial charge in [0.15, 0.2) is 0 Å². The molecule has 1 aromatic heterocycles. The summed E-state index contributed by atoms with van der Waals surface area (Å²) in [5.41, 5.74) is 7.92. The minimum absolute atomic E-state index is 0.218. The van der Waals surface area contributed by atoms with Crippen molar-refractivity contribution in [3.8, 4) is 0 Å². The van der Waals surface area contributed by atoms with Gasteiger partial charge in [0.1, 0.15) is 5.00 Å². The van der Waals surface area contributed by atoms with Crippen LogP contribution in [0.4, 0.5) is 5.00 Å². The molecule has 1 aromatic carbocycles. The molecule has 26 heavy (non-hydrogen) atoms. The van der Waals surface area contributed by atoms with E-state index in [4.69, 9.17) is 5.73 Å². The van der Waals surface area contributed by atoms with Crippen molar-refractivity contribution < 1.29 is 9.59 Å². The van der Waals surface area contributed by atoms with Crippen LogP contribution in [0, 0.1) is 11.3 Å². The molecule has 1 aliphatic carbocycles. The monoisotopic (exact) mass is 434 g/mol. The zero-order valence-corrected chi connectivity index (χ0v) is 17.6. The first kappa shape index (κ1) is 19.1. The van der Waals surface area contributed by atoms with Gasteiger partial charge in [-0.3, -0.25) is 9.59 Å². The lowest BCUT2D eigenvalue weighted by Crippen LogP contribution is -2.27. The van der Waals surface area contributed by atoms with E-state index in [1.54, 1.807) is 12.1 Å². The lowest BCUT2D eigenvalue weighted by molar-refractivity contribution is 0.1000. The molecule has 2 aromatic rings. The molecular weight excluding hydrogens is 412 g/mol. The number of anilines is 1. The van der Waals surface area contributed by atoms with Gasteiger partial charge in [0, 0.05) is 14.9 Å². The summed E-state index contributed by atoms with van der Waals surface area (Å²) in [7, 11) is 0. The first-order chi connectivity index (χ1) is 12.2. The van der Waals surface area contributed by atoms with E-state index >= 15 is 0 Å². The van der Waals surface area contributed by atoms with Gasteiger partial charge in [0.05, 0.1) is 5.56 Å². The van der Waals surface area contributed by atoms with Gasteiger partial charge in [-0.05, 0) is 60.4 Å². The Labute approximate surface area is 166 Å². The van der Waals surface area contributed by atoms with Crippen LogP contribution in [0.15, 0.2) is 28.7 Å². The first-order valence-electron chi connectivity index (χ1n) is 8.68. The van der Waals surface area contributed by atoms with E-state index in [9.17, 15) is 9.59 Å². The van der Waals surface area contributed by atoms with Crippen LogP contribution in [-0.4, -0.2) is 11.8 Å². The summed E-state index contributed by atoms with van der Waals surface area (Å²) in [5, 5.41) is 3.48. The maximum absolute atomic E-state index is 12.6. The summed E-state index contributed by atoms with van der Waals surface area (Å²) in [6.45, 7) is 6.75. The maximum Gasteiger partial charge on any atom is 0.256 e. The molecule has 1 heterocycles. The Hall–Kier alpha value is -1.66. The number of carbonyl (C=O) groups is 2. The standard InChI is InChI=1S/C20H23BrN2O2S/c1-20(2,3)12-6-9-14-15(10-12)26-19(16(14)17(22)24)23-18(25)11-4-7-13(21)8-5-11/h4-5,7-8,12H,6,9-10H2,1-3H3,(H2,22,24)(H,23,25)/t12-/m0/s1. The second-order valence-electron chi connectivity index (χ2n) is 7.84. The van der Waals surface area contributed by atoms with Gasteiger partial charge in [-0.1, -0.05) is 36.7 Å². The van der Waals surface area contributed by atoms with Gasteiger partial charge in [-0.25, -0.2) is 0 Å². The van der Waals surface area contributed by atoms with E-state index in [0.717, 1.165) is 29.3 Å². The second-order valence-corrected chi connectivity index (χ2v) is 9.86. The number of hydrogen-bond acceptors (Lipinski definition) is 3. The molecule has 6 heteroatoms. The van der Waals surface area contributed by atoms with Crippen molar-refractivity contribution in [1.82, 2.24) is 0 Å². The number of rotatable bonds is 3. The van der Waals surface area contributed by atoms with E-state index in [0.29, 0.717) is 22.0 Å². The number of nitrogens with two attached hydrogens (primary N) is 1. The highest BCUT2D eigenvalue weighted by molar-refractivity contribution is 9.10. The number of fused-ring (bicyclic) bond motifs is 1. The molecule has 138 valence electrons. The summed E-state index contributed by atoms with van der Waals surface area (Å²) >= 11 is 4.86. The molecule has 2 amide bonds. The van der Waals surface area contributed by atoms with E-state index in [-0.39, 0.29) is 11.3 Å². The Balaban J connectivity index is 1.91. The molecule has 4 nitrogen and oxygen atoms in total. The Bertz CT molecular complexity index is 850. The van der Waals surface area contributed by atoms with Crippen molar-refractivity contribution in [3.63, 3.8) is 0 Å². The molecule has 0 bridgehead atoms. The van der Waals surface area contributed by atoms with Gasteiger partial charge < -0.3 is 11.1 Å². The smallest absolute Gasteiger partial charge is 0.256 e. The minimum Gasteiger partial charge on any atom is -0.365 e. The minimum atomic E-state index is -0.470. The molecular formula is C20H23BrN2O2S. The summed E-state index contributed by atoms with van der Waals surface area (Å²) < 4.78 is 0.909. The molecule has 0 unspecified atom stereocenters. The quantitative estimate of drug-likeness (QED) is 0.711. The molecule has 0 saturated carbocycles. The van der Waals surface area contributed by atoms with Crippen LogP contribution in [0.2, 0.25) is 0 Å². The molecule has 1 atom stereocenters. The third-order valence-electron chi connectivity index (χ3n) is 5.07. The van der Waals surface area contributed by atoms with Gasteiger partial charge in [-0.15, -0.1) is 11.3 Å². The van der Waals surface area contributed by atoms with E-state index < -0.39 is 5.91 Å². The fourth-order valence-electron chi connectivity index (χ4n) is 3.45. The number of amides is 2. The van der Waals surface area contributed by atoms with Crippen molar-refractivity contribution in [3.05, 3.63) is 50.3 Å². The number of benzene rings is 1. The Morgan fingerprint density at radius 2 is 1.88 bits per heavy atom. The van der Waals surface area contributed by atoms with Crippen molar-refractivity contribution in [1.29, 1.82) is 0 Å². The van der Waals surface area contributed by atoms with E-state index in [2.05, 4.69) is 42.0 Å². The summed E-state index contributed by atoms with van der Waals surface area (Å²) in [4.78, 5) is 25.8. The average Bonchev–Trinajstić information content (AvgIpc) is 2.91. The highest BCUT2D eigenvalue weighted by atomic mass is 79.9. The zero-order valence-electron chi connectivity index (χ0n) is 15.2. The normalized spacial score (nSPS) is 16.8. The number of primary amides is 1. The number of nitrogens with one attached hydrogen (secondary N) is 1. The molecule has 3 rings (SSSR count). The summed E-state index contributed by atoms with van der Waals surface area (Å²) in [6.07, 6.45) is 2.80. The van der Waals surface area contributed by atoms with Crippen LogP contribution in [0.1, 0.15) is 58.3 Å². The molecule has 1 aliphatic rings. The van der Waals surface area contributed by atoms with E-state index in [1.165, 1.54) is 16.2 Å². The van der Waals surface area contributed by atoms with Gasteiger partial charge in [0.2, 0.25) is 0 Å². The van der Waals surface area contributed by atoms with Gasteiger partial charge >= 0.3 is 0 Å². The van der Waals surface area contributed by atoms with E-state index in [1.807, 2.05) is 12.1 Å². The molecule has 0 saturated heterocycles. The predicted molar refractivity (Wildman–Crippen MR) is 110 cm³/mol. The SMILES string of the molecule is CC(C)(C)[C@H]1CCc2c(sc(NC(=O)c3ccc(Br)cc3)c2C(N)=O)C1. The van der Waals surface area contributed by atoms with Crippen LogP contribution in [0.25, 0.3) is 0 Å². The topological polar surface area (TPSA) is 72.2 Å². The first-order valence-corrected chi connectivity index (χ1v) is 10.3. The molecule has 0 spiro atoms. The highest BCUT2D eigenvalue weighted by Gasteiger charge is 2.33. The Morgan fingerprint density at radius 1 is 1.23 bits per heavy atom. The zero-order chi connectivity index (χ0) is 19.1. The lowest BCUT2D eigenvalue weighted by Gasteiger charge is -2.33. The number of halogens is 1. The van der Waals surface area contributed by atoms with Gasteiger partial charge in [0.25, 0.3) is 11.8 Å². The van der Waals surface area contributed by atoms with Crippen molar-refractivity contribution >= 4 is 44.1 Å². The molecule has 0 fully saturated rings. The average molecular weight is 435 g/mol. The van der Waals surface area contributed by atoms with Crippen LogP contribution in [0.3, 0.4) is 0 Å². The van der Waals surface area contributed by atoms with Crippen LogP contribution < -0.4 is 11.1 Å². The Kier molecular flexibility index (Phi) is 5.26. The van der Waals surface area contributed by atoms with Crippen molar-refractivity contribution in [2.24, 2.45) is 17.1 Å². The summed E-state index contributed by atoms with van der Waals surface area (Å²) in [6, 6.07) is 7.12. The molecule has 0 radical (unpaired) electrons. The summed E-state index contributed by atoms with van der Waals surface area (Å²) in [5.74, 6) is -0.141. The number of carbonyl (C=O) groups excluding carboxylic acids is 2. The van der Waals surface area contributed by atoms with Crippen molar-refractivity contribution in [2.45, 2.75) is 40.0 Å². The third kappa shape index (κ3) is 3.86. The lowest BCUT2D eigenvalue weighted by atomic mass is 9.72. The predicted octanol–water partition coefficient (Wildman–Crippen LogP) is 5.01. The number of thiophene rings is 1. The third-order valence-corrected chi connectivity index (χ3v) is 6.77. The Morgan fingerprint density at radius 3 is 2.46 bits per heavy atom. The maximum atomic E-state index is 12.6. The highest BCUT2D eigenvalue weighted by Crippen LogP contribution is 2.44. The van der Waals surface area contributed by atoms with Crippen LogP contribution >= 0.6 is 27.3 Å². The molecule has 3 N–H and O–H groups in total. The van der Waals surface area contributed by atoms with Crippen LogP contribution in [-0.2, 0) is 12.8 Å². The van der Waals surface area contributed by atoms with Crippen LogP contribution in [0.5, 0.6) is 0 Å². The largest absolute Gasteiger partial charge is 0.365 e. The fraction of sp³-hybridized carbons (Fsp3) is 0.400. The second kappa shape index (κ2) is 7.16.